The molecule has 2 aromatic rings. The summed E-state index contributed by atoms with van der Waals surface area (Å²) in [6, 6.07) is 3.56. The van der Waals surface area contributed by atoms with Gasteiger partial charge in [-0.25, -0.2) is 22.5 Å². The van der Waals surface area contributed by atoms with E-state index in [0.717, 1.165) is 34.6 Å². The van der Waals surface area contributed by atoms with Gasteiger partial charge < -0.3 is 10.5 Å². The SMILES string of the molecule is CC(C)COc1cc(F)ccc1N(C(=O)CC(N)=O)c1nc(CNS(C)(=O)=O)c(Cl)s1. The summed E-state index contributed by atoms with van der Waals surface area (Å²) in [7, 11) is -3.51. The van der Waals surface area contributed by atoms with Crippen molar-refractivity contribution in [1.82, 2.24) is 9.71 Å². The van der Waals surface area contributed by atoms with Crippen LogP contribution < -0.4 is 20.1 Å². The van der Waals surface area contributed by atoms with Gasteiger partial charge in [-0.05, 0) is 18.1 Å². The number of sulfonamides is 1. The fraction of sp³-hybridized carbons (Fsp3) is 0.389. The maximum absolute atomic E-state index is 13.9. The second-order valence-electron chi connectivity index (χ2n) is 7.00. The van der Waals surface area contributed by atoms with Crippen molar-refractivity contribution in [3.63, 3.8) is 0 Å². The largest absolute Gasteiger partial charge is 0.491 e. The number of anilines is 2. The minimum atomic E-state index is -3.51. The minimum Gasteiger partial charge on any atom is -0.491 e. The highest BCUT2D eigenvalue weighted by Crippen LogP contribution is 2.39. The molecule has 1 aromatic heterocycles. The molecule has 13 heteroatoms. The lowest BCUT2D eigenvalue weighted by Crippen LogP contribution is -2.31. The molecule has 31 heavy (non-hydrogen) atoms. The Labute approximate surface area is 188 Å². The fourth-order valence-electron chi connectivity index (χ4n) is 2.34. The van der Waals surface area contributed by atoms with Crippen LogP contribution >= 0.6 is 22.9 Å². The molecule has 0 radical (unpaired) electrons. The van der Waals surface area contributed by atoms with Crippen LogP contribution in [0.5, 0.6) is 5.75 Å². The Morgan fingerprint density at radius 2 is 2.06 bits per heavy atom. The molecular weight excluding hydrogens is 471 g/mol. The van der Waals surface area contributed by atoms with Crippen molar-refractivity contribution in [2.45, 2.75) is 26.8 Å². The van der Waals surface area contributed by atoms with Gasteiger partial charge >= 0.3 is 0 Å². The van der Waals surface area contributed by atoms with E-state index in [1.165, 1.54) is 6.07 Å². The van der Waals surface area contributed by atoms with Crippen LogP contribution in [0, 0.1) is 11.7 Å². The van der Waals surface area contributed by atoms with Crippen molar-refractivity contribution in [2.24, 2.45) is 11.7 Å². The zero-order chi connectivity index (χ0) is 23.3. The van der Waals surface area contributed by atoms with Crippen LogP contribution in [0.25, 0.3) is 0 Å². The highest BCUT2D eigenvalue weighted by Gasteiger charge is 2.27. The predicted octanol–water partition coefficient (Wildman–Crippen LogP) is 2.56. The number of thiazole rings is 1. The third-order valence-electron chi connectivity index (χ3n) is 3.64. The third-order valence-corrected chi connectivity index (χ3v) is 5.63. The molecule has 0 aliphatic heterocycles. The smallest absolute Gasteiger partial charge is 0.242 e. The number of carbonyl (C=O) groups excluding carboxylic acids is 2. The first kappa shape index (κ1) is 25.0. The van der Waals surface area contributed by atoms with E-state index in [-0.39, 0.29) is 45.7 Å². The van der Waals surface area contributed by atoms with E-state index >= 15 is 0 Å². The molecule has 9 nitrogen and oxygen atoms in total. The molecule has 0 saturated carbocycles. The lowest BCUT2D eigenvalue weighted by molar-refractivity contribution is -0.125. The van der Waals surface area contributed by atoms with Crippen molar-refractivity contribution in [2.75, 3.05) is 17.8 Å². The summed E-state index contributed by atoms with van der Waals surface area (Å²) < 4.78 is 44.7. The number of benzene rings is 1. The monoisotopic (exact) mass is 492 g/mol. The summed E-state index contributed by atoms with van der Waals surface area (Å²) in [5, 5.41) is 0.0440. The zero-order valence-electron chi connectivity index (χ0n) is 17.0. The molecular formula is C18H22ClFN4O5S2. The molecule has 3 N–H and O–H groups in total. The van der Waals surface area contributed by atoms with Crippen LogP contribution in [0.1, 0.15) is 26.0 Å². The van der Waals surface area contributed by atoms with Crippen molar-refractivity contribution in [1.29, 1.82) is 0 Å². The fourth-order valence-corrected chi connectivity index (χ4v) is 3.90. The summed E-state index contributed by atoms with van der Waals surface area (Å²) in [5.41, 5.74) is 5.50. The Hall–Kier alpha value is -2.28. The molecule has 1 heterocycles. The molecule has 170 valence electrons. The number of nitrogens with one attached hydrogen (secondary N) is 1. The lowest BCUT2D eigenvalue weighted by atomic mass is 10.2. The van der Waals surface area contributed by atoms with Gasteiger partial charge in [0.1, 0.15) is 22.3 Å². The van der Waals surface area contributed by atoms with Crippen molar-refractivity contribution < 1.29 is 27.1 Å². The van der Waals surface area contributed by atoms with E-state index in [2.05, 4.69) is 9.71 Å². The maximum atomic E-state index is 13.9. The van der Waals surface area contributed by atoms with Gasteiger partial charge in [-0.1, -0.05) is 36.8 Å². The van der Waals surface area contributed by atoms with E-state index in [0.29, 0.717) is 0 Å². The Morgan fingerprint density at radius 1 is 1.39 bits per heavy atom. The molecule has 0 aliphatic carbocycles. The number of carbonyl (C=O) groups is 2. The minimum absolute atomic E-state index is 0.0440. The average molecular weight is 493 g/mol. The van der Waals surface area contributed by atoms with E-state index < -0.39 is 34.1 Å². The van der Waals surface area contributed by atoms with Gasteiger partial charge in [0, 0.05) is 6.07 Å². The Kier molecular flexibility index (Phi) is 8.34. The second kappa shape index (κ2) is 10.4. The molecule has 2 amide bonds. The van der Waals surface area contributed by atoms with Gasteiger partial charge in [-0.3, -0.25) is 14.5 Å². The number of hydrogen-bond donors (Lipinski definition) is 2. The molecule has 2 rings (SSSR count). The van der Waals surface area contributed by atoms with Gasteiger partial charge in [-0.2, -0.15) is 0 Å². The summed E-state index contributed by atoms with van der Waals surface area (Å²) in [4.78, 5) is 29.5. The number of hydrogen-bond acceptors (Lipinski definition) is 7. The summed E-state index contributed by atoms with van der Waals surface area (Å²) >= 11 is 7.07. The second-order valence-corrected chi connectivity index (χ2v) is 10.4. The summed E-state index contributed by atoms with van der Waals surface area (Å²) in [6.07, 6.45) is 0.336. The Balaban J connectivity index is 2.53. The number of amides is 2. The Morgan fingerprint density at radius 3 is 2.65 bits per heavy atom. The number of aromatic nitrogens is 1. The first-order valence-corrected chi connectivity index (χ1v) is 12.1. The quantitative estimate of drug-likeness (QED) is 0.490. The zero-order valence-corrected chi connectivity index (χ0v) is 19.4. The maximum Gasteiger partial charge on any atom is 0.242 e. The van der Waals surface area contributed by atoms with Gasteiger partial charge in [0.2, 0.25) is 21.8 Å². The highest BCUT2D eigenvalue weighted by atomic mass is 35.5. The third kappa shape index (κ3) is 7.42. The topological polar surface area (TPSA) is 132 Å². The summed E-state index contributed by atoms with van der Waals surface area (Å²) in [5.74, 6) is -2.01. The average Bonchev–Trinajstić information content (AvgIpc) is 2.99. The molecule has 0 aliphatic rings. The van der Waals surface area contributed by atoms with Crippen LogP contribution in [-0.4, -0.2) is 38.1 Å². The standard InChI is InChI=1S/C18H22ClFN4O5S2/c1-10(2)9-29-14-6-11(20)4-5-13(14)24(16(26)7-15(21)25)18-23-12(17(19)30-18)8-22-31(3,27)28/h4-6,10,22H,7-9H2,1-3H3,(H2,21,25). The first-order valence-electron chi connectivity index (χ1n) is 9.00. The van der Waals surface area contributed by atoms with Crippen LogP contribution in [0.15, 0.2) is 18.2 Å². The predicted molar refractivity (Wildman–Crippen MR) is 116 cm³/mol. The molecule has 1 aromatic carbocycles. The number of primary amides is 1. The van der Waals surface area contributed by atoms with Gasteiger partial charge in [0.25, 0.3) is 0 Å². The van der Waals surface area contributed by atoms with Crippen LogP contribution in [0.2, 0.25) is 4.34 Å². The van der Waals surface area contributed by atoms with Gasteiger partial charge in [0.05, 0.1) is 30.8 Å². The van der Waals surface area contributed by atoms with Crippen molar-refractivity contribution >= 4 is 55.6 Å². The van der Waals surface area contributed by atoms with E-state index in [9.17, 15) is 22.4 Å². The van der Waals surface area contributed by atoms with E-state index in [1.54, 1.807) is 0 Å². The first-order chi connectivity index (χ1) is 14.4. The number of nitrogens with zero attached hydrogens (tertiary/aromatic N) is 2. The van der Waals surface area contributed by atoms with Gasteiger partial charge in [0.15, 0.2) is 5.13 Å². The molecule has 0 spiro atoms. The molecule has 0 bridgehead atoms. The van der Waals surface area contributed by atoms with Crippen LogP contribution in [0.4, 0.5) is 15.2 Å². The molecule has 0 fully saturated rings. The van der Waals surface area contributed by atoms with Gasteiger partial charge in [-0.15, -0.1) is 0 Å². The number of halogens is 2. The Bertz CT molecular complexity index is 1070. The summed E-state index contributed by atoms with van der Waals surface area (Å²) in [6.45, 7) is 3.84. The lowest BCUT2D eigenvalue weighted by Gasteiger charge is -2.23. The number of nitrogens with two attached hydrogens (primary N) is 1. The van der Waals surface area contributed by atoms with Crippen LogP contribution in [-0.2, 0) is 26.2 Å². The number of rotatable bonds is 10. The van der Waals surface area contributed by atoms with Crippen molar-refractivity contribution in [3.8, 4) is 5.75 Å². The molecule has 0 saturated heterocycles. The molecule has 0 unspecified atom stereocenters. The van der Waals surface area contributed by atoms with E-state index in [4.69, 9.17) is 22.1 Å². The molecule has 0 atom stereocenters. The highest BCUT2D eigenvalue weighted by molar-refractivity contribution is 7.88. The normalized spacial score (nSPS) is 11.5. The van der Waals surface area contributed by atoms with Crippen molar-refractivity contribution in [3.05, 3.63) is 34.0 Å². The van der Waals surface area contributed by atoms with E-state index in [1.807, 2.05) is 13.8 Å². The number of ether oxygens (including phenoxy) is 1. The van der Waals surface area contributed by atoms with Crippen LogP contribution in [0.3, 0.4) is 0 Å².